The maximum Gasteiger partial charge on any atom is 0.0467 e. The van der Waals surface area contributed by atoms with Gasteiger partial charge in [-0.3, -0.25) is 4.90 Å². The first kappa shape index (κ1) is 25.0. The van der Waals surface area contributed by atoms with Gasteiger partial charge >= 0.3 is 0 Å². The molecule has 0 aromatic heterocycles. The number of hydrogen-bond acceptors (Lipinski definition) is 2. The van der Waals surface area contributed by atoms with Crippen molar-refractivity contribution in [3.8, 4) is 0 Å². The zero-order valence-electron chi connectivity index (χ0n) is 20.2. The first-order valence-electron chi connectivity index (χ1n) is 12.4. The number of halogens is 1. The highest BCUT2D eigenvalue weighted by molar-refractivity contribution is 6.30. The number of nitrogens with one attached hydrogen (secondary N) is 1. The largest absolute Gasteiger partial charge is 0.317 e. The van der Waals surface area contributed by atoms with Gasteiger partial charge in [0.1, 0.15) is 0 Å². The van der Waals surface area contributed by atoms with Crippen molar-refractivity contribution in [2.45, 2.75) is 64.0 Å². The molecule has 3 unspecified atom stereocenters. The molecule has 2 aromatic rings. The minimum Gasteiger partial charge on any atom is -0.317 e. The molecule has 32 heavy (non-hydrogen) atoms. The number of benzene rings is 2. The Hall–Kier alpha value is -1.61. The van der Waals surface area contributed by atoms with Gasteiger partial charge in [-0.1, -0.05) is 74.0 Å². The molecule has 2 nitrogen and oxygen atoms in total. The molecule has 0 saturated heterocycles. The standard InChI is InChI=1S/C21H31ClN2.C8H10/c1-4-13-24(15-17-5-6-17)21(18-7-9-19(22)10-8-18)12-11-20(23-3)16(2)14-21;1-2-8-6-4-3-5-7-8/h4,7-10,16-17,20,23H,1,5-6,11-15H2,2-3H3;3-7H,2H2,1H3. The fraction of sp³-hybridized carbons (Fsp3) is 0.517. The minimum atomic E-state index is 0.119. The quantitative estimate of drug-likeness (QED) is 0.430. The van der Waals surface area contributed by atoms with Gasteiger partial charge in [-0.05, 0) is 80.7 Å². The third-order valence-electron chi connectivity index (χ3n) is 7.35. The number of nitrogens with zero attached hydrogens (tertiary/aromatic N) is 1. The molecule has 0 heterocycles. The molecule has 0 spiro atoms. The van der Waals surface area contributed by atoms with Crippen LogP contribution in [0.3, 0.4) is 0 Å². The molecule has 0 radical (unpaired) electrons. The third kappa shape index (κ3) is 6.47. The van der Waals surface area contributed by atoms with Crippen molar-refractivity contribution >= 4 is 11.6 Å². The molecule has 2 aliphatic carbocycles. The van der Waals surface area contributed by atoms with Crippen LogP contribution in [0.15, 0.2) is 67.3 Å². The highest BCUT2D eigenvalue weighted by atomic mass is 35.5. The van der Waals surface area contributed by atoms with Crippen LogP contribution in [0, 0.1) is 11.8 Å². The van der Waals surface area contributed by atoms with E-state index >= 15 is 0 Å². The van der Waals surface area contributed by atoms with Crippen LogP contribution in [0.5, 0.6) is 0 Å². The van der Waals surface area contributed by atoms with Gasteiger partial charge in [0.15, 0.2) is 0 Å². The van der Waals surface area contributed by atoms with Gasteiger partial charge < -0.3 is 5.32 Å². The molecule has 1 N–H and O–H groups in total. The van der Waals surface area contributed by atoms with E-state index in [9.17, 15) is 0 Å². The second-order valence-electron chi connectivity index (χ2n) is 9.63. The van der Waals surface area contributed by atoms with Gasteiger partial charge in [-0.25, -0.2) is 0 Å². The normalized spacial score (nSPS) is 25.2. The average molecular weight is 453 g/mol. The summed E-state index contributed by atoms with van der Waals surface area (Å²) >= 11 is 6.17. The maximum atomic E-state index is 6.17. The SMILES string of the molecule is C=CCN(CC1CC1)C1(c2ccc(Cl)cc2)CCC(NC)C(C)C1.CCc1ccccc1. The van der Waals surface area contributed by atoms with E-state index < -0.39 is 0 Å². The molecule has 3 heteroatoms. The summed E-state index contributed by atoms with van der Waals surface area (Å²) in [6, 6.07) is 19.7. The summed E-state index contributed by atoms with van der Waals surface area (Å²) in [5.74, 6) is 1.54. The average Bonchev–Trinajstić information content (AvgIpc) is 3.64. The van der Waals surface area contributed by atoms with Crippen molar-refractivity contribution in [2.75, 3.05) is 20.1 Å². The van der Waals surface area contributed by atoms with Crippen LogP contribution in [0.1, 0.15) is 57.1 Å². The van der Waals surface area contributed by atoms with Crippen LogP contribution in [0.25, 0.3) is 0 Å². The summed E-state index contributed by atoms with van der Waals surface area (Å²) in [6.45, 7) is 10.8. The fourth-order valence-electron chi connectivity index (χ4n) is 5.28. The molecule has 0 bridgehead atoms. The monoisotopic (exact) mass is 452 g/mol. The van der Waals surface area contributed by atoms with E-state index in [4.69, 9.17) is 11.6 Å². The Labute approximate surface area is 201 Å². The summed E-state index contributed by atoms with van der Waals surface area (Å²) in [5.41, 5.74) is 2.96. The van der Waals surface area contributed by atoms with Crippen molar-refractivity contribution in [3.63, 3.8) is 0 Å². The summed E-state index contributed by atoms with van der Waals surface area (Å²) in [7, 11) is 2.10. The fourth-order valence-corrected chi connectivity index (χ4v) is 5.41. The second kappa shape index (κ2) is 12.0. The smallest absolute Gasteiger partial charge is 0.0467 e. The van der Waals surface area contributed by atoms with E-state index in [0.717, 1.165) is 23.9 Å². The summed E-state index contributed by atoms with van der Waals surface area (Å²) in [5, 5.41) is 4.34. The van der Waals surface area contributed by atoms with Gasteiger partial charge in [0.05, 0.1) is 0 Å². The van der Waals surface area contributed by atoms with Gasteiger partial charge in [0.25, 0.3) is 0 Å². The molecular formula is C29H41ClN2. The topological polar surface area (TPSA) is 15.3 Å². The lowest BCUT2D eigenvalue weighted by Gasteiger charge is -2.51. The molecule has 3 atom stereocenters. The number of rotatable bonds is 8. The van der Waals surface area contributed by atoms with Crippen LogP contribution in [0.4, 0.5) is 0 Å². The third-order valence-corrected chi connectivity index (χ3v) is 7.60. The molecule has 0 amide bonds. The molecular weight excluding hydrogens is 412 g/mol. The summed E-state index contributed by atoms with van der Waals surface area (Å²) in [6.07, 6.45) is 9.61. The van der Waals surface area contributed by atoms with Crippen molar-refractivity contribution in [3.05, 3.63) is 83.4 Å². The van der Waals surface area contributed by atoms with E-state index in [1.54, 1.807) is 0 Å². The van der Waals surface area contributed by atoms with Crippen molar-refractivity contribution in [1.29, 1.82) is 0 Å². The Morgan fingerprint density at radius 2 is 1.78 bits per heavy atom. The van der Waals surface area contributed by atoms with E-state index in [2.05, 4.69) is 92.3 Å². The van der Waals surface area contributed by atoms with Gasteiger partial charge in [-0.2, -0.15) is 0 Å². The van der Waals surface area contributed by atoms with E-state index in [-0.39, 0.29) is 5.54 Å². The Kier molecular flexibility index (Phi) is 9.40. The predicted molar refractivity (Wildman–Crippen MR) is 139 cm³/mol. The summed E-state index contributed by atoms with van der Waals surface area (Å²) < 4.78 is 0. The van der Waals surface area contributed by atoms with Crippen molar-refractivity contribution in [1.82, 2.24) is 10.2 Å². The Morgan fingerprint density at radius 1 is 1.09 bits per heavy atom. The molecule has 2 aliphatic rings. The molecule has 4 rings (SSSR count). The first-order chi connectivity index (χ1) is 15.5. The van der Waals surface area contributed by atoms with Gasteiger partial charge in [0, 0.05) is 29.7 Å². The molecule has 174 valence electrons. The molecule has 2 fully saturated rings. The zero-order valence-corrected chi connectivity index (χ0v) is 21.0. The first-order valence-corrected chi connectivity index (χ1v) is 12.7. The maximum absolute atomic E-state index is 6.17. The Morgan fingerprint density at radius 3 is 2.28 bits per heavy atom. The van der Waals surface area contributed by atoms with Gasteiger partial charge in [0.2, 0.25) is 0 Å². The second-order valence-corrected chi connectivity index (χ2v) is 10.1. The van der Waals surface area contributed by atoms with Crippen LogP contribution in [-0.2, 0) is 12.0 Å². The Bertz CT molecular complexity index is 815. The lowest BCUT2D eigenvalue weighted by Crippen LogP contribution is -2.54. The highest BCUT2D eigenvalue weighted by Gasteiger charge is 2.45. The van der Waals surface area contributed by atoms with E-state index in [1.165, 1.54) is 49.8 Å². The van der Waals surface area contributed by atoms with Crippen LogP contribution in [-0.4, -0.2) is 31.1 Å². The number of hydrogen-bond donors (Lipinski definition) is 1. The lowest BCUT2D eigenvalue weighted by molar-refractivity contribution is 0.0228. The lowest BCUT2D eigenvalue weighted by atomic mass is 9.69. The van der Waals surface area contributed by atoms with Crippen LogP contribution in [0.2, 0.25) is 5.02 Å². The molecule has 0 aliphatic heterocycles. The number of aryl methyl sites for hydroxylation is 1. The van der Waals surface area contributed by atoms with Crippen LogP contribution >= 0.6 is 11.6 Å². The zero-order chi connectivity index (χ0) is 23.0. The van der Waals surface area contributed by atoms with Crippen molar-refractivity contribution in [2.24, 2.45) is 11.8 Å². The Balaban J connectivity index is 0.000000305. The molecule has 2 saturated carbocycles. The van der Waals surface area contributed by atoms with E-state index in [0.29, 0.717) is 12.0 Å². The summed E-state index contributed by atoms with van der Waals surface area (Å²) in [4.78, 5) is 2.71. The molecule has 2 aromatic carbocycles. The minimum absolute atomic E-state index is 0.119. The highest BCUT2D eigenvalue weighted by Crippen LogP contribution is 2.46. The predicted octanol–water partition coefficient (Wildman–Crippen LogP) is 7.09. The van der Waals surface area contributed by atoms with Gasteiger partial charge in [-0.15, -0.1) is 6.58 Å². The van der Waals surface area contributed by atoms with Crippen LogP contribution < -0.4 is 5.32 Å². The van der Waals surface area contributed by atoms with E-state index in [1.807, 2.05) is 6.07 Å². The van der Waals surface area contributed by atoms with Crippen molar-refractivity contribution < 1.29 is 0 Å².